The van der Waals surface area contributed by atoms with Crippen LogP contribution in [0.2, 0.25) is 5.02 Å². The van der Waals surface area contributed by atoms with E-state index >= 15 is 0 Å². The molecule has 0 aromatic heterocycles. The Hall–Kier alpha value is -2.17. The summed E-state index contributed by atoms with van der Waals surface area (Å²) in [7, 11) is -3.71. The maximum atomic E-state index is 12.7. The van der Waals surface area contributed by atoms with Gasteiger partial charge in [0.25, 0.3) is 0 Å². The van der Waals surface area contributed by atoms with Crippen LogP contribution in [0, 0.1) is 6.92 Å². The number of rotatable bonds is 8. The lowest BCUT2D eigenvalue weighted by Crippen LogP contribution is -2.51. The van der Waals surface area contributed by atoms with E-state index in [-0.39, 0.29) is 23.6 Å². The average Bonchev–Trinajstić information content (AvgIpc) is 2.76. The van der Waals surface area contributed by atoms with E-state index in [1.54, 1.807) is 48.5 Å². The van der Waals surface area contributed by atoms with Gasteiger partial charge in [0.05, 0.1) is 29.8 Å². The molecular weight excluding hydrogens is 454 g/mol. The minimum atomic E-state index is -3.71. The normalized spacial score (nSPS) is 21.2. The van der Waals surface area contributed by atoms with Gasteiger partial charge in [-0.05, 0) is 62.6 Å². The predicted molar refractivity (Wildman–Crippen MR) is 123 cm³/mol. The van der Waals surface area contributed by atoms with E-state index < -0.39 is 22.2 Å². The quantitative estimate of drug-likeness (QED) is 0.462. The molecule has 174 valence electrons. The minimum Gasteiger partial charge on any atom is -0.394 e. The van der Waals surface area contributed by atoms with Crippen LogP contribution in [0.5, 0.6) is 0 Å². The average molecular weight is 482 g/mol. The SMILES string of the molecule is Cc1ccc(S(=O)(=O)N[C@H]2CC[C@@H](CCNC(=O)Nc3ccc(Cl)cc3)O[C@H]2CO)cc1. The monoisotopic (exact) mass is 481 g/mol. The summed E-state index contributed by atoms with van der Waals surface area (Å²) < 4.78 is 33.9. The summed E-state index contributed by atoms with van der Waals surface area (Å²) in [5, 5.41) is 15.8. The minimum absolute atomic E-state index is 0.179. The number of hydrogen-bond donors (Lipinski definition) is 4. The number of ether oxygens (including phenoxy) is 1. The molecule has 0 spiro atoms. The number of benzene rings is 2. The molecule has 0 radical (unpaired) electrons. The summed E-state index contributed by atoms with van der Waals surface area (Å²) in [5.74, 6) is 0. The predicted octanol–water partition coefficient (Wildman–Crippen LogP) is 3.05. The smallest absolute Gasteiger partial charge is 0.319 e. The summed E-state index contributed by atoms with van der Waals surface area (Å²) in [6.45, 7) is 1.96. The third kappa shape index (κ3) is 6.91. The van der Waals surface area contributed by atoms with E-state index in [0.29, 0.717) is 36.5 Å². The summed E-state index contributed by atoms with van der Waals surface area (Å²) >= 11 is 5.83. The molecule has 10 heteroatoms. The molecule has 0 bridgehead atoms. The zero-order valence-corrected chi connectivity index (χ0v) is 19.3. The highest BCUT2D eigenvalue weighted by atomic mass is 35.5. The lowest BCUT2D eigenvalue weighted by atomic mass is 9.98. The Bertz CT molecular complexity index is 999. The summed E-state index contributed by atoms with van der Waals surface area (Å²) in [6.07, 6.45) is 0.831. The standard InChI is InChI=1S/C22H28ClN3O5S/c1-15-2-9-19(10-3-15)32(29,30)26-20-11-8-18(31-21(20)14-27)12-13-24-22(28)25-17-6-4-16(23)5-7-17/h2-7,9-10,18,20-21,26-27H,8,11-14H2,1H3,(H2,24,25,28)/t18-,20-,21-/m0/s1. The van der Waals surface area contributed by atoms with Crippen molar-refractivity contribution in [2.75, 3.05) is 18.5 Å². The first-order valence-electron chi connectivity index (χ1n) is 10.4. The van der Waals surface area contributed by atoms with Gasteiger partial charge in [0.15, 0.2) is 0 Å². The Balaban J connectivity index is 1.46. The van der Waals surface area contributed by atoms with Gasteiger partial charge in [-0.3, -0.25) is 0 Å². The topological polar surface area (TPSA) is 117 Å². The second kappa shape index (κ2) is 11.1. The van der Waals surface area contributed by atoms with Crippen molar-refractivity contribution >= 4 is 33.3 Å². The highest BCUT2D eigenvalue weighted by molar-refractivity contribution is 7.89. The van der Waals surface area contributed by atoms with Crippen LogP contribution in [0.25, 0.3) is 0 Å². The Morgan fingerprint density at radius 3 is 2.47 bits per heavy atom. The van der Waals surface area contributed by atoms with Crippen molar-refractivity contribution < 1.29 is 23.1 Å². The molecule has 3 rings (SSSR count). The van der Waals surface area contributed by atoms with Crippen molar-refractivity contribution in [1.29, 1.82) is 0 Å². The number of aryl methyl sites for hydroxylation is 1. The fourth-order valence-corrected chi connectivity index (χ4v) is 4.94. The second-order valence-corrected chi connectivity index (χ2v) is 9.92. The first kappa shape index (κ1) is 24.5. The molecule has 4 N–H and O–H groups in total. The lowest BCUT2D eigenvalue weighted by molar-refractivity contribution is -0.0871. The number of aliphatic hydroxyl groups excluding tert-OH is 1. The van der Waals surface area contributed by atoms with E-state index in [9.17, 15) is 18.3 Å². The largest absolute Gasteiger partial charge is 0.394 e. The molecule has 2 aromatic rings. The van der Waals surface area contributed by atoms with Crippen molar-refractivity contribution in [2.45, 2.75) is 49.3 Å². The van der Waals surface area contributed by atoms with Crippen LogP contribution in [0.3, 0.4) is 0 Å². The van der Waals surface area contributed by atoms with Gasteiger partial charge in [-0.1, -0.05) is 29.3 Å². The van der Waals surface area contributed by atoms with Gasteiger partial charge in [0.1, 0.15) is 0 Å². The van der Waals surface area contributed by atoms with Crippen molar-refractivity contribution in [2.24, 2.45) is 0 Å². The molecule has 0 saturated carbocycles. The van der Waals surface area contributed by atoms with Crippen molar-refractivity contribution in [3.05, 3.63) is 59.1 Å². The van der Waals surface area contributed by atoms with Crippen LogP contribution in [0.4, 0.5) is 10.5 Å². The first-order valence-corrected chi connectivity index (χ1v) is 12.3. The molecule has 2 amide bonds. The molecule has 1 fully saturated rings. The maximum Gasteiger partial charge on any atom is 0.319 e. The molecule has 1 aliphatic heterocycles. The highest BCUT2D eigenvalue weighted by Crippen LogP contribution is 2.23. The number of urea groups is 1. The molecule has 1 heterocycles. The molecule has 8 nitrogen and oxygen atoms in total. The van der Waals surface area contributed by atoms with Crippen LogP contribution in [0.15, 0.2) is 53.4 Å². The van der Waals surface area contributed by atoms with Gasteiger partial charge in [0.2, 0.25) is 10.0 Å². The van der Waals surface area contributed by atoms with Gasteiger partial charge in [-0.15, -0.1) is 0 Å². The number of aliphatic hydroxyl groups is 1. The summed E-state index contributed by atoms with van der Waals surface area (Å²) in [4.78, 5) is 12.2. The number of carbonyl (C=O) groups excluding carboxylic acids is 1. The molecule has 2 aromatic carbocycles. The molecular formula is C22H28ClN3O5S. The number of nitrogens with one attached hydrogen (secondary N) is 3. The maximum absolute atomic E-state index is 12.7. The summed E-state index contributed by atoms with van der Waals surface area (Å²) in [5.41, 5.74) is 1.60. The first-order chi connectivity index (χ1) is 15.3. The molecule has 0 aliphatic carbocycles. The van der Waals surface area contributed by atoms with Crippen LogP contribution >= 0.6 is 11.6 Å². The van der Waals surface area contributed by atoms with Gasteiger partial charge in [0, 0.05) is 17.3 Å². The zero-order chi connectivity index (χ0) is 23.1. The third-order valence-electron chi connectivity index (χ3n) is 5.29. The van der Waals surface area contributed by atoms with Crippen LogP contribution in [-0.4, -0.2) is 51.0 Å². The van der Waals surface area contributed by atoms with Crippen molar-refractivity contribution in [1.82, 2.24) is 10.0 Å². The Labute approximate surface area is 193 Å². The molecule has 3 atom stereocenters. The van der Waals surface area contributed by atoms with Gasteiger partial charge in [-0.25, -0.2) is 17.9 Å². The number of anilines is 1. The van der Waals surface area contributed by atoms with E-state index in [1.807, 2.05) is 6.92 Å². The fourth-order valence-electron chi connectivity index (χ4n) is 3.52. The number of hydrogen-bond acceptors (Lipinski definition) is 5. The molecule has 1 saturated heterocycles. The van der Waals surface area contributed by atoms with E-state index in [0.717, 1.165) is 5.56 Å². The number of sulfonamides is 1. The highest BCUT2D eigenvalue weighted by Gasteiger charge is 2.33. The van der Waals surface area contributed by atoms with E-state index in [2.05, 4.69) is 15.4 Å². The lowest BCUT2D eigenvalue weighted by Gasteiger charge is -2.36. The van der Waals surface area contributed by atoms with Crippen LogP contribution < -0.4 is 15.4 Å². The van der Waals surface area contributed by atoms with Crippen LogP contribution in [0.1, 0.15) is 24.8 Å². The molecule has 32 heavy (non-hydrogen) atoms. The Morgan fingerprint density at radius 1 is 1.12 bits per heavy atom. The number of amides is 2. The van der Waals surface area contributed by atoms with E-state index in [4.69, 9.17) is 16.3 Å². The summed E-state index contributed by atoms with van der Waals surface area (Å²) in [6, 6.07) is 12.5. The fraction of sp³-hybridized carbons (Fsp3) is 0.409. The molecule has 0 unspecified atom stereocenters. The number of halogens is 1. The Kier molecular flexibility index (Phi) is 8.50. The van der Waals surface area contributed by atoms with Gasteiger partial charge in [-0.2, -0.15) is 0 Å². The van der Waals surface area contributed by atoms with Gasteiger partial charge < -0.3 is 20.5 Å². The van der Waals surface area contributed by atoms with Crippen LogP contribution in [-0.2, 0) is 14.8 Å². The second-order valence-electron chi connectivity index (χ2n) is 7.77. The van der Waals surface area contributed by atoms with E-state index in [1.165, 1.54) is 0 Å². The third-order valence-corrected chi connectivity index (χ3v) is 7.05. The molecule has 1 aliphatic rings. The van der Waals surface area contributed by atoms with Gasteiger partial charge >= 0.3 is 6.03 Å². The zero-order valence-electron chi connectivity index (χ0n) is 17.8. The Morgan fingerprint density at radius 2 is 1.81 bits per heavy atom. The number of carbonyl (C=O) groups is 1. The van der Waals surface area contributed by atoms with Crippen molar-refractivity contribution in [3.8, 4) is 0 Å². The van der Waals surface area contributed by atoms with Crippen molar-refractivity contribution in [3.63, 3.8) is 0 Å².